The van der Waals surface area contributed by atoms with E-state index in [1.165, 1.54) is 20.0 Å². The molecule has 1 aliphatic rings. The Morgan fingerprint density at radius 1 is 0.917 bits per heavy atom. The van der Waals surface area contributed by atoms with Gasteiger partial charge < -0.3 is 34.1 Å². The maximum Gasteiger partial charge on any atom is 0.343 e. The van der Waals surface area contributed by atoms with Crippen LogP contribution in [0.5, 0.6) is 11.5 Å². The molecule has 13 nitrogen and oxygen atoms in total. The lowest BCUT2D eigenvalue weighted by Gasteiger charge is -2.39. The van der Waals surface area contributed by atoms with Crippen LogP contribution in [0.25, 0.3) is 0 Å². The lowest BCUT2D eigenvalue weighted by Crippen LogP contribution is -2.57. The highest BCUT2D eigenvalue weighted by Crippen LogP contribution is 2.45. The average molecular weight is 660 g/mol. The Bertz CT molecular complexity index is 1820. The first-order chi connectivity index (χ1) is 23.0. The molecule has 0 radical (unpaired) electrons. The number of carbonyl (C=O) groups is 2. The second-order valence-corrected chi connectivity index (χ2v) is 11.3. The van der Waals surface area contributed by atoms with Crippen LogP contribution in [0.1, 0.15) is 35.4 Å². The number of nitrogens with one attached hydrogen (secondary N) is 2. The molecule has 0 saturated carbocycles. The van der Waals surface area contributed by atoms with Crippen molar-refractivity contribution in [2.24, 2.45) is 0 Å². The SMILES string of the molecule is COC(=O)[C@]1(COC(c2ccccc2)(c2ccc(OC)cc2)c2ccc(OC)cc2)O[C@@H](n2cc(C)c(=O)[nH]c2=O)[C@H](NC(C)=O)[C@@H]1O. The largest absolute Gasteiger partial charge is 0.497 e. The van der Waals surface area contributed by atoms with Crippen molar-refractivity contribution >= 4 is 11.9 Å². The molecule has 1 aromatic heterocycles. The number of rotatable bonds is 11. The van der Waals surface area contributed by atoms with Gasteiger partial charge in [-0.3, -0.25) is 19.1 Å². The van der Waals surface area contributed by atoms with E-state index in [1.54, 1.807) is 38.5 Å². The number of amides is 1. The Kier molecular flexibility index (Phi) is 9.85. The topological polar surface area (TPSA) is 167 Å². The summed E-state index contributed by atoms with van der Waals surface area (Å²) in [7, 11) is 4.22. The molecule has 1 amide bonds. The highest BCUT2D eigenvalue weighted by Gasteiger charge is 2.62. The highest BCUT2D eigenvalue weighted by atomic mass is 16.6. The Labute approximate surface area is 276 Å². The molecule has 1 fully saturated rings. The smallest absolute Gasteiger partial charge is 0.343 e. The first-order valence-corrected chi connectivity index (χ1v) is 15.0. The molecule has 13 heteroatoms. The van der Waals surface area contributed by atoms with Gasteiger partial charge in [-0.15, -0.1) is 0 Å². The van der Waals surface area contributed by atoms with Crippen LogP contribution in [0, 0.1) is 6.92 Å². The third-order valence-corrected chi connectivity index (χ3v) is 8.45. The molecular formula is C35H37N3O10. The first kappa shape index (κ1) is 34.1. The van der Waals surface area contributed by atoms with Crippen molar-refractivity contribution < 1.29 is 38.4 Å². The summed E-state index contributed by atoms with van der Waals surface area (Å²) < 4.78 is 30.2. The number of carbonyl (C=O) groups excluding carboxylic acids is 2. The fourth-order valence-corrected chi connectivity index (χ4v) is 6.00. The van der Waals surface area contributed by atoms with Gasteiger partial charge in [-0.25, -0.2) is 9.59 Å². The Morgan fingerprint density at radius 3 is 1.96 bits per heavy atom. The van der Waals surface area contributed by atoms with Crippen LogP contribution >= 0.6 is 0 Å². The van der Waals surface area contributed by atoms with Crippen molar-refractivity contribution in [2.45, 2.75) is 43.4 Å². The zero-order valence-electron chi connectivity index (χ0n) is 27.1. The molecule has 0 bridgehead atoms. The lowest BCUT2D eigenvalue weighted by molar-refractivity contribution is -0.198. The summed E-state index contributed by atoms with van der Waals surface area (Å²) in [6.45, 7) is 2.06. The summed E-state index contributed by atoms with van der Waals surface area (Å²) in [4.78, 5) is 53.5. The van der Waals surface area contributed by atoms with Crippen LogP contribution in [-0.2, 0) is 29.4 Å². The minimum atomic E-state index is -2.28. The lowest BCUT2D eigenvalue weighted by atomic mass is 9.79. The Balaban J connectivity index is 1.71. The van der Waals surface area contributed by atoms with E-state index >= 15 is 0 Å². The molecule has 3 aromatic carbocycles. The molecule has 1 saturated heterocycles. The fourth-order valence-electron chi connectivity index (χ4n) is 6.00. The van der Waals surface area contributed by atoms with Crippen molar-refractivity contribution in [3.63, 3.8) is 0 Å². The summed E-state index contributed by atoms with van der Waals surface area (Å²) in [5, 5.41) is 14.5. The van der Waals surface area contributed by atoms with Gasteiger partial charge in [-0.1, -0.05) is 54.6 Å². The number of esters is 1. The molecule has 5 rings (SSSR count). The zero-order chi connectivity index (χ0) is 34.6. The maximum atomic E-state index is 13.8. The number of aliphatic hydroxyl groups is 1. The second-order valence-electron chi connectivity index (χ2n) is 11.3. The van der Waals surface area contributed by atoms with E-state index in [0.29, 0.717) is 28.2 Å². The van der Waals surface area contributed by atoms with Crippen LogP contribution in [-0.4, -0.2) is 72.2 Å². The van der Waals surface area contributed by atoms with Gasteiger partial charge in [0.2, 0.25) is 11.5 Å². The Morgan fingerprint density at radius 2 is 1.46 bits per heavy atom. The molecule has 252 valence electrons. The highest BCUT2D eigenvalue weighted by molar-refractivity contribution is 5.82. The molecule has 48 heavy (non-hydrogen) atoms. The van der Waals surface area contributed by atoms with Gasteiger partial charge in [0.15, 0.2) is 6.23 Å². The third-order valence-electron chi connectivity index (χ3n) is 8.45. The minimum absolute atomic E-state index is 0.156. The summed E-state index contributed by atoms with van der Waals surface area (Å²) in [5.74, 6) is -0.399. The molecular weight excluding hydrogens is 622 g/mol. The van der Waals surface area contributed by atoms with E-state index in [9.17, 15) is 24.3 Å². The molecule has 3 N–H and O–H groups in total. The normalized spacial score (nSPS) is 20.6. The molecule has 4 aromatic rings. The number of H-pyrrole nitrogens is 1. The van der Waals surface area contributed by atoms with Crippen LogP contribution in [0.15, 0.2) is 94.6 Å². The molecule has 0 unspecified atom stereocenters. The molecule has 4 atom stereocenters. The van der Waals surface area contributed by atoms with Crippen LogP contribution in [0.4, 0.5) is 0 Å². The fraction of sp³-hybridized carbons (Fsp3) is 0.314. The number of methoxy groups -OCH3 is 3. The molecule has 1 aliphatic heterocycles. The van der Waals surface area contributed by atoms with E-state index in [4.69, 9.17) is 23.7 Å². The molecule has 0 spiro atoms. The number of hydrogen-bond donors (Lipinski definition) is 3. The van der Waals surface area contributed by atoms with Gasteiger partial charge in [0, 0.05) is 18.7 Å². The number of benzene rings is 3. The van der Waals surface area contributed by atoms with Gasteiger partial charge in [0.25, 0.3) is 5.56 Å². The van der Waals surface area contributed by atoms with Crippen LogP contribution < -0.4 is 26.0 Å². The van der Waals surface area contributed by atoms with Crippen molar-refractivity contribution in [1.82, 2.24) is 14.9 Å². The quantitative estimate of drug-likeness (QED) is 0.160. The number of ether oxygens (including phenoxy) is 5. The van der Waals surface area contributed by atoms with Crippen LogP contribution in [0.2, 0.25) is 0 Å². The predicted octanol–water partition coefficient (Wildman–Crippen LogP) is 2.18. The number of nitrogens with zero attached hydrogens (tertiary/aromatic N) is 1. The monoisotopic (exact) mass is 659 g/mol. The van der Waals surface area contributed by atoms with E-state index in [2.05, 4.69) is 10.3 Å². The molecule has 0 aliphatic carbocycles. The van der Waals surface area contributed by atoms with Crippen LogP contribution in [0.3, 0.4) is 0 Å². The standard InChI is InChI=1S/C35H37N3O10/c1-21-19-38(33(43)37-30(21)41)31-28(36-22(2)39)29(40)34(48-31,32(42)46-5)20-47-35(23-9-7-6-8-10-23,24-11-15-26(44-3)16-12-24)25-13-17-27(45-4)18-14-25/h6-19,28-29,31,40H,20H2,1-5H3,(H,36,39)(H,37,41,43)/t28-,29+,31-,34-/m1/s1. The summed E-state index contributed by atoms with van der Waals surface area (Å²) in [6, 6.07) is 22.2. The van der Waals surface area contributed by atoms with Gasteiger partial charge >= 0.3 is 11.7 Å². The third kappa shape index (κ3) is 6.10. The Hall–Kier alpha value is -5.24. The zero-order valence-corrected chi connectivity index (χ0v) is 27.1. The van der Waals surface area contributed by atoms with E-state index in [1.807, 2.05) is 54.6 Å². The predicted molar refractivity (Wildman–Crippen MR) is 173 cm³/mol. The van der Waals surface area contributed by atoms with Crippen molar-refractivity contribution in [1.29, 1.82) is 0 Å². The van der Waals surface area contributed by atoms with E-state index in [-0.39, 0.29) is 5.56 Å². The minimum Gasteiger partial charge on any atom is -0.497 e. The van der Waals surface area contributed by atoms with Gasteiger partial charge in [0.1, 0.15) is 29.2 Å². The van der Waals surface area contributed by atoms with Gasteiger partial charge in [0.05, 0.1) is 27.9 Å². The summed E-state index contributed by atoms with van der Waals surface area (Å²) in [6.07, 6.45) is -2.02. The van der Waals surface area contributed by atoms with E-state index in [0.717, 1.165) is 11.7 Å². The number of hydrogen-bond acceptors (Lipinski definition) is 10. The first-order valence-electron chi connectivity index (χ1n) is 15.0. The number of aromatic nitrogens is 2. The van der Waals surface area contributed by atoms with Crippen molar-refractivity contribution in [3.8, 4) is 11.5 Å². The van der Waals surface area contributed by atoms with E-state index < -0.39 is 59.3 Å². The number of aryl methyl sites for hydroxylation is 1. The van der Waals surface area contributed by atoms with Crippen molar-refractivity contribution in [2.75, 3.05) is 27.9 Å². The summed E-state index contributed by atoms with van der Waals surface area (Å²) in [5.41, 5.74) is -3.14. The average Bonchev–Trinajstić information content (AvgIpc) is 3.37. The summed E-state index contributed by atoms with van der Waals surface area (Å²) >= 11 is 0. The number of aromatic amines is 1. The number of aliphatic hydroxyl groups excluding tert-OH is 1. The second kappa shape index (κ2) is 13.9. The van der Waals surface area contributed by atoms with Crippen molar-refractivity contribution in [3.05, 3.63) is 128 Å². The maximum absolute atomic E-state index is 13.8. The van der Waals surface area contributed by atoms with Gasteiger partial charge in [-0.2, -0.15) is 0 Å². The van der Waals surface area contributed by atoms with Gasteiger partial charge in [-0.05, 0) is 47.9 Å². The molecule has 2 heterocycles.